The van der Waals surface area contributed by atoms with Crippen LogP contribution in [0.3, 0.4) is 0 Å². The van der Waals surface area contributed by atoms with Gasteiger partial charge in [-0.15, -0.1) is 21.5 Å². The van der Waals surface area contributed by atoms with E-state index in [1.807, 2.05) is 19.2 Å². The number of hydrogen-bond donors (Lipinski definition) is 0. The number of hydrogen-bond acceptors (Lipinski definition) is 9. The third-order valence-electron chi connectivity index (χ3n) is 6.02. The molecule has 12 heteroatoms. The molecule has 4 rings (SSSR count). The van der Waals surface area contributed by atoms with Crippen LogP contribution in [0.15, 0.2) is 23.6 Å². The molecule has 0 unspecified atom stereocenters. The van der Waals surface area contributed by atoms with Gasteiger partial charge in [-0.05, 0) is 38.8 Å². The molecule has 0 spiro atoms. The summed E-state index contributed by atoms with van der Waals surface area (Å²) in [7, 11) is -0.568. The van der Waals surface area contributed by atoms with Gasteiger partial charge in [0.2, 0.25) is 5.91 Å². The Balaban J connectivity index is 1.72. The first-order chi connectivity index (χ1) is 16.7. The molecule has 0 saturated carbocycles. The van der Waals surface area contributed by atoms with Gasteiger partial charge in [-0.1, -0.05) is 6.07 Å². The number of aryl methyl sites for hydroxylation is 1. The monoisotopic (exact) mass is 519 g/mol. The Labute approximate surface area is 208 Å². The quantitative estimate of drug-likeness (QED) is 0.424. The van der Waals surface area contributed by atoms with Crippen molar-refractivity contribution in [2.24, 2.45) is 0 Å². The van der Waals surface area contributed by atoms with E-state index in [1.54, 1.807) is 27.7 Å². The summed E-state index contributed by atoms with van der Waals surface area (Å²) in [5.41, 5.74) is 1.32. The summed E-state index contributed by atoms with van der Waals surface area (Å²) in [5.74, 6) is 1.05. The summed E-state index contributed by atoms with van der Waals surface area (Å²) in [6.45, 7) is 3.99. The van der Waals surface area contributed by atoms with Crippen molar-refractivity contribution in [1.82, 2.24) is 24.6 Å². The Kier molecular flexibility index (Phi) is 7.41. The molecular formula is C23H29N5O5S2. The highest BCUT2D eigenvalue weighted by molar-refractivity contribution is 7.90. The summed E-state index contributed by atoms with van der Waals surface area (Å²) in [6.07, 6.45) is 2.18. The fourth-order valence-electron chi connectivity index (χ4n) is 4.24. The number of thiazole rings is 1. The van der Waals surface area contributed by atoms with Crippen LogP contribution in [0.5, 0.6) is 11.5 Å². The molecule has 0 radical (unpaired) electrons. The van der Waals surface area contributed by atoms with E-state index in [1.165, 1.54) is 25.6 Å². The first-order valence-electron chi connectivity index (χ1n) is 11.3. The zero-order valence-corrected chi connectivity index (χ0v) is 21.9. The number of carbonyl (C=O) groups is 1. The lowest BCUT2D eigenvalue weighted by Gasteiger charge is -2.33. The number of likely N-dealkylation sites (tertiary alicyclic amines) is 1. The molecule has 10 nitrogen and oxygen atoms in total. The van der Waals surface area contributed by atoms with Gasteiger partial charge in [0, 0.05) is 30.1 Å². The van der Waals surface area contributed by atoms with E-state index in [4.69, 9.17) is 9.47 Å². The number of carbonyl (C=O) groups excluding carboxylic acids is 1. The minimum absolute atomic E-state index is 0.00213. The molecule has 2 aromatic heterocycles. The lowest BCUT2D eigenvalue weighted by Crippen LogP contribution is -2.44. The average molecular weight is 520 g/mol. The number of methoxy groups -OCH3 is 2. The summed E-state index contributed by atoms with van der Waals surface area (Å²) in [6, 6.07) is 5.34. The minimum Gasteiger partial charge on any atom is -0.494 e. The van der Waals surface area contributed by atoms with E-state index in [0.717, 1.165) is 18.5 Å². The van der Waals surface area contributed by atoms with Crippen LogP contribution in [-0.4, -0.2) is 71.5 Å². The van der Waals surface area contributed by atoms with Crippen LogP contribution in [0.25, 0.3) is 16.5 Å². The predicted molar refractivity (Wildman–Crippen MR) is 133 cm³/mol. The zero-order chi connectivity index (χ0) is 25.2. The number of nitrogens with zero attached hydrogens (tertiary/aromatic N) is 5. The molecule has 3 aromatic rings. The Bertz CT molecular complexity index is 1300. The van der Waals surface area contributed by atoms with Crippen molar-refractivity contribution in [1.29, 1.82) is 0 Å². The number of aromatic nitrogens is 4. The van der Waals surface area contributed by atoms with Crippen LogP contribution in [0.1, 0.15) is 37.7 Å². The van der Waals surface area contributed by atoms with E-state index in [0.29, 0.717) is 34.4 Å². The third-order valence-corrected chi connectivity index (χ3v) is 8.48. The van der Waals surface area contributed by atoms with Crippen molar-refractivity contribution in [2.45, 2.75) is 44.9 Å². The van der Waals surface area contributed by atoms with Gasteiger partial charge in [0.25, 0.3) is 0 Å². The molecule has 1 saturated heterocycles. The van der Waals surface area contributed by atoms with Crippen molar-refractivity contribution in [3.8, 4) is 28.0 Å². The average Bonchev–Trinajstić information content (AvgIpc) is 3.43. The van der Waals surface area contributed by atoms with Crippen molar-refractivity contribution in [2.75, 3.05) is 26.5 Å². The smallest absolute Gasteiger partial charge is 0.222 e. The molecular weight excluding hydrogens is 490 g/mol. The van der Waals surface area contributed by atoms with Gasteiger partial charge in [-0.25, -0.2) is 13.4 Å². The normalized spacial score (nSPS) is 16.5. The van der Waals surface area contributed by atoms with E-state index >= 15 is 0 Å². The standard InChI is InChI=1S/C23H29N5O5S2/c1-15-13-34-23(24-15)22-26-25-19(28(22)21-17(32-3)8-6-9-18(21)33-4)14-35(30,31)12-11-27-16(2)7-5-10-20(27)29/h6,8-9,13,16H,5,7,10-12,14H2,1-4H3/t16-/m1/s1. The van der Waals surface area contributed by atoms with Gasteiger partial charge < -0.3 is 14.4 Å². The second-order valence-corrected chi connectivity index (χ2v) is 11.5. The molecule has 35 heavy (non-hydrogen) atoms. The Hall–Kier alpha value is -2.99. The largest absolute Gasteiger partial charge is 0.494 e. The fourth-order valence-corrected chi connectivity index (χ4v) is 6.21. The maximum atomic E-state index is 13.2. The molecule has 1 aromatic carbocycles. The van der Waals surface area contributed by atoms with Crippen molar-refractivity contribution in [3.63, 3.8) is 0 Å². The van der Waals surface area contributed by atoms with Crippen LogP contribution >= 0.6 is 11.3 Å². The molecule has 1 atom stereocenters. The summed E-state index contributed by atoms with van der Waals surface area (Å²) in [4.78, 5) is 18.5. The van der Waals surface area contributed by atoms with E-state index in [-0.39, 0.29) is 35.8 Å². The summed E-state index contributed by atoms with van der Waals surface area (Å²) >= 11 is 1.39. The number of benzene rings is 1. The lowest BCUT2D eigenvalue weighted by atomic mass is 10.0. The van der Waals surface area contributed by atoms with Gasteiger partial charge in [-0.2, -0.15) is 0 Å². The molecule has 1 amide bonds. The minimum atomic E-state index is -3.63. The molecule has 188 valence electrons. The predicted octanol–water partition coefficient (Wildman–Crippen LogP) is 3.03. The van der Waals surface area contributed by atoms with Crippen LogP contribution in [-0.2, 0) is 20.4 Å². The SMILES string of the molecule is COc1cccc(OC)c1-n1c(CS(=O)(=O)CCN2C(=O)CCC[C@H]2C)nnc1-c1nc(C)cs1. The van der Waals surface area contributed by atoms with Crippen LogP contribution < -0.4 is 9.47 Å². The van der Waals surface area contributed by atoms with Crippen LogP contribution in [0, 0.1) is 6.92 Å². The first kappa shape index (κ1) is 25.1. The van der Waals surface area contributed by atoms with Gasteiger partial charge >= 0.3 is 0 Å². The second kappa shape index (κ2) is 10.3. The second-order valence-electron chi connectivity index (χ2n) is 8.50. The van der Waals surface area contributed by atoms with E-state index in [9.17, 15) is 13.2 Å². The van der Waals surface area contributed by atoms with E-state index in [2.05, 4.69) is 15.2 Å². The maximum Gasteiger partial charge on any atom is 0.222 e. The molecule has 0 bridgehead atoms. The highest BCUT2D eigenvalue weighted by Crippen LogP contribution is 2.37. The highest BCUT2D eigenvalue weighted by atomic mass is 32.2. The van der Waals surface area contributed by atoms with E-state index < -0.39 is 9.84 Å². The third kappa shape index (κ3) is 5.32. The number of ether oxygens (including phenoxy) is 2. The van der Waals surface area contributed by atoms with Gasteiger partial charge in [-0.3, -0.25) is 9.36 Å². The molecule has 1 aliphatic heterocycles. The Morgan fingerprint density at radius 3 is 2.49 bits per heavy atom. The van der Waals surface area contributed by atoms with Crippen molar-refractivity contribution in [3.05, 3.63) is 35.1 Å². The molecule has 1 aliphatic rings. The van der Waals surface area contributed by atoms with Crippen molar-refractivity contribution >= 4 is 27.1 Å². The molecule has 0 aliphatic carbocycles. The topological polar surface area (TPSA) is 117 Å². The molecule has 3 heterocycles. The number of piperidine rings is 1. The maximum absolute atomic E-state index is 13.2. The first-order valence-corrected chi connectivity index (χ1v) is 14.0. The van der Waals surface area contributed by atoms with Crippen LogP contribution in [0.2, 0.25) is 0 Å². The highest BCUT2D eigenvalue weighted by Gasteiger charge is 2.29. The van der Waals surface area contributed by atoms with Gasteiger partial charge in [0.05, 0.1) is 20.0 Å². The number of sulfone groups is 1. The summed E-state index contributed by atoms with van der Waals surface area (Å²) < 4.78 is 39.2. The summed E-state index contributed by atoms with van der Waals surface area (Å²) in [5, 5.41) is 11.0. The Morgan fingerprint density at radius 2 is 1.89 bits per heavy atom. The number of para-hydroxylation sites is 1. The van der Waals surface area contributed by atoms with Crippen LogP contribution in [0.4, 0.5) is 0 Å². The van der Waals surface area contributed by atoms with Gasteiger partial charge in [0.15, 0.2) is 26.5 Å². The fraction of sp³-hybridized carbons (Fsp3) is 0.478. The number of amides is 1. The molecule has 1 fully saturated rings. The number of rotatable bonds is 9. The van der Waals surface area contributed by atoms with Crippen molar-refractivity contribution < 1.29 is 22.7 Å². The lowest BCUT2D eigenvalue weighted by molar-refractivity contribution is -0.135. The molecule has 0 N–H and O–H groups in total. The zero-order valence-electron chi connectivity index (χ0n) is 20.2. The Morgan fingerprint density at radius 1 is 1.17 bits per heavy atom. The van der Waals surface area contributed by atoms with Gasteiger partial charge in [0.1, 0.15) is 22.9 Å².